The maximum Gasteiger partial charge on any atom is 0.185 e. The first-order valence-electron chi connectivity index (χ1n) is 10.3. The number of pyridine rings is 2. The molecule has 1 saturated heterocycles. The highest BCUT2D eigenvalue weighted by atomic mass is 19.1. The minimum atomic E-state index is -0.965. The third-order valence-corrected chi connectivity index (χ3v) is 5.42. The van der Waals surface area contributed by atoms with Gasteiger partial charge >= 0.3 is 0 Å². The molecule has 0 bridgehead atoms. The summed E-state index contributed by atoms with van der Waals surface area (Å²) in [4.78, 5) is 20.9. The van der Waals surface area contributed by atoms with Crippen LogP contribution in [0, 0.1) is 23.4 Å². The number of aromatic nitrogens is 2. The van der Waals surface area contributed by atoms with Crippen LogP contribution in [0.1, 0.15) is 41.2 Å². The molecule has 0 aliphatic carbocycles. The van der Waals surface area contributed by atoms with Gasteiger partial charge in [0.25, 0.3) is 0 Å². The smallest absolute Gasteiger partial charge is 0.185 e. The average Bonchev–Trinajstić information content (AvgIpc) is 2.80. The van der Waals surface area contributed by atoms with E-state index in [-0.39, 0.29) is 12.1 Å². The number of ketones is 1. The van der Waals surface area contributed by atoms with Crippen molar-refractivity contribution < 1.29 is 27.4 Å². The third-order valence-electron chi connectivity index (χ3n) is 5.42. The average molecular weight is 442 g/mol. The number of carbonyl (C=O) groups excluding carboxylic acids is 1. The molecule has 2 aromatic heterocycles. The van der Waals surface area contributed by atoms with Crippen molar-refractivity contribution in [3.05, 3.63) is 83.1 Å². The molecule has 4 rings (SSSR count). The lowest BCUT2D eigenvalue weighted by molar-refractivity contribution is -0.205. The Morgan fingerprint density at radius 1 is 1.03 bits per heavy atom. The van der Waals surface area contributed by atoms with Gasteiger partial charge in [-0.25, -0.2) is 18.2 Å². The molecule has 1 aliphatic rings. The molecule has 0 atom stereocenters. The Balaban J connectivity index is 1.60. The SMILES string of the molecule is CCC1COC(c2ccncc2CC(=O)c2ccc(F)c(-c3c(F)cccc3F)n2)OC1. The molecule has 1 aromatic carbocycles. The van der Waals surface area contributed by atoms with Crippen LogP contribution in [0.15, 0.2) is 48.8 Å². The molecule has 5 nitrogen and oxygen atoms in total. The fraction of sp³-hybridized carbons (Fsp3) is 0.292. The summed E-state index contributed by atoms with van der Waals surface area (Å²) in [6.45, 7) is 3.16. The Labute approximate surface area is 183 Å². The van der Waals surface area contributed by atoms with E-state index in [0.29, 0.717) is 30.3 Å². The Kier molecular flexibility index (Phi) is 6.62. The van der Waals surface area contributed by atoms with Gasteiger partial charge in [-0.2, -0.15) is 0 Å². The molecule has 0 radical (unpaired) electrons. The molecule has 0 saturated carbocycles. The molecule has 1 fully saturated rings. The van der Waals surface area contributed by atoms with Crippen molar-refractivity contribution in [3.8, 4) is 11.3 Å². The van der Waals surface area contributed by atoms with Gasteiger partial charge in [0, 0.05) is 30.3 Å². The first-order chi connectivity index (χ1) is 15.5. The maximum atomic E-state index is 14.3. The predicted molar refractivity (Wildman–Crippen MR) is 110 cm³/mol. The second kappa shape index (κ2) is 9.58. The van der Waals surface area contributed by atoms with E-state index >= 15 is 0 Å². The van der Waals surface area contributed by atoms with Gasteiger partial charge in [0.2, 0.25) is 0 Å². The Morgan fingerprint density at radius 2 is 1.75 bits per heavy atom. The Morgan fingerprint density at radius 3 is 2.44 bits per heavy atom. The Hall–Kier alpha value is -3.10. The first-order valence-corrected chi connectivity index (χ1v) is 10.3. The fourth-order valence-corrected chi connectivity index (χ4v) is 3.53. The van der Waals surface area contributed by atoms with Crippen molar-refractivity contribution in [2.24, 2.45) is 5.92 Å². The van der Waals surface area contributed by atoms with Crippen molar-refractivity contribution in [2.45, 2.75) is 26.1 Å². The number of halogens is 3. The molecule has 3 aromatic rings. The first kappa shape index (κ1) is 22.1. The van der Waals surface area contributed by atoms with E-state index in [1.807, 2.05) is 0 Å². The predicted octanol–water partition coefficient (Wildman–Crippen LogP) is 5.06. The highest BCUT2D eigenvalue weighted by Crippen LogP contribution is 2.30. The lowest BCUT2D eigenvalue weighted by atomic mass is 10.0. The van der Waals surface area contributed by atoms with Crippen molar-refractivity contribution in [2.75, 3.05) is 13.2 Å². The zero-order valence-electron chi connectivity index (χ0n) is 17.4. The Bertz CT molecular complexity index is 1110. The van der Waals surface area contributed by atoms with Crippen LogP contribution in [0.2, 0.25) is 0 Å². The zero-order valence-corrected chi connectivity index (χ0v) is 17.4. The van der Waals surface area contributed by atoms with Gasteiger partial charge in [-0.3, -0.25) is 9.78 Å². The van der Waals surface area contributed by atoms with E-state index in [0.717, 1.165) is 24.6 Å². The summed E-state index contributed by atoms with van der Waals surface area (Å²) in [5, 5.41) is 0. The molecule has 3 heterocycles. The van der Waals surface area contributed by atoms with Gasteiger partial charge in [0.05, 0.1) is 18.8 Å². The lowest BCUT2D eigenvalue weighted by Crippen LogP contribution is -2.27. The second-order valence-electron chi connectivity index (χ2n) is 7.57. The number of rotatable bonds is 6. The van der Waals surface area contributed by atoms with E-state index in [4.69, 9.17) is 9.47 Å². The number of benzene rings is 1. The van der Waals surface area contributed by atoms with Crippen LogP contribution in [-0.4, -0.2) is 29.0 Å². The summed E-state index contributed by atoms with van der Waals surface area (Å²) in [7, 11) is 0. The van der Waals surface area contributed by atoms with E-state index in [9.17, 15) is 18.0 Å². The molecule has 1 aliphatic heterocycles. The van der Waals surface area contributed by atoms with Crippen LogP contribution in [0.3, 0.4) is 0 Å². The summed E-state index contributed by atoms with van der Waals surface area (Å²) in [5.74, 6) is -3.00. The number of Topliss-reactive ketones (excluding diaryl/α,β-unsaturated/α-hetero) is 1. The highest BCUT2D eigenvalue weighted by Gasteiger charge is 2.26. The highest BCUT2D eigenvalue weighted by molar-refractivity contribution is 5.96. The summed E-state index contributed by atoms with van der Waals surface area (Å²) in [6, 6.07) is 7.06. The van der Waals surface area contributed by atoms with Crippen LogP contribution >= 0.6 is 0 Å². The van der Waals surface area contributed by atoms with Crippen molar-refractivity contribution in [3.63, 3.8) is 0 Å². The topological polar surface area (TPSA) is 61.3 Å². The van der Waals surface area contributed by atoms with Crippen molar-refractivity contribution >= 4 is 5.78 Å². The van der Waals surface area contributed by atoms with Gasteiger partial charge in [-0.15, -0.1) is 0 Å². The fourth-order valence-electron chi connectivity index (χ4n) is 3.53. The van der Waals surface area contributed by atoms with Crippen molar-refractivity contribution in [1.29, 1.82) is 0 Å². The van der Waals surface area contributed by atoms with Crippen LogP contribution in [0.5, 0.6) is 0 Å². The molecule has 0 unspecified atom stereocenters. The standard InChI is InChI=1S/C24H21F3N2O3/c1-2-14-12-31-24(32-13-14)16-8-9-28-11-15(16)10-21(30)20-7-6-19(27)23(29-20)22-17(25)4-3-5-18(22)26/h3-9,11,14,24H,2,10,12-13H2,1H3. The number of carbonyl (C=O) groups is 1. The molecular formula is C24H21F3N2O3. The zero-order chi connectivity index (χ0) is 22.7. The van der Waals surface area contributed by atoms with E-state index in [1.165, 1.54) is 18.3 Å². The summed E-state index contributed by atoms with van der Waals surface area (Å²) in [5.41, 5.74) is -0.0402. The summed E-state index contributed by atoms with van der Waals surface area (Å²) < 4.78 is 54.2. The number of nitrogens with zero attached hydrogens (tertiary/aromatic N) is 2. The molecule has 32 heavy (non-hydrogen) atoms. The largest absolute Gasteiger partial charge is 0.348 e. The van der Waals surface area contributed by atoms with Crippen LogP contribution in [-0.2, 0) is 15.9 Å². The van der Waals surface area contributed by atoms with E-state index < -0.39 is 40.8 Å². The molecular weight excluding hydrogens is 421 g/mol. The number of hydrogen-bond donors (Lipinski definition) is 0. The van der Waals surface area contributed by atoms with Crippen LogP contribution < -0.4 is 0 Å². The normalized spacial score (nSPS) is 18.5. The number of ether oxygens (including phenoxy) is 2. The minimum Gasteiger partial charge on any atom is -0.348 e. The van der Waals surface area contributed by atoms with Crippen molar-refractivity contribution in [1.82, 2.24) is 9.97 Å². The maximum absolute atomic E-state index is 14.3. The van der Waals surface area contributed by atoms with Gasteiger partial charge in [0.15, 0.2) is 12.1 Å². The molecule has 0 N–H and O–H groups in total. The second-order valence-corrected chi connectivity index (χ2v) is 7.57. The lowest BCUT2D eigenvalue weighted by Gasteiger charge is -2.30. The molecule has 8 heteroatoms. The van der Waals surface area contributed by atoms with Crippen LogP contribution in [0.4, 0.5) is 13.2 Å². The van der Waals surface area contributed by atoms with Gasteiger partial charge in [-0.1, -0.05) is 13.0 Å². The third kappa shape index (κ3) is 4.56. The summed E-state index contributed by atoms with van der Waals surface area (Å²) >= 11 is 0. The number of hydrogen-bond acceptors (Lipinski definition) is 5. The van der Waals surface area contributed by atoms with Gasteiger partial charge in [0.1, 0.15) is 28.8 Å². The monoisotopic (exact) mass is 442 g/mol. The van der Waals surface area contributed by atoms with Gasteiger partial charge in [-0.05, 0) is 42.3 Å². The molecule has 0 spiro atoms. The van der Waals surface area contributed by atoms with Crippen LogP contribution in [0.25, 0.3) is 11.3 Å². The van der Waals surface area contributed by atoms with E-state index in [2.05, 4.69) is 16.9 Å². The van der Waals surface area contributed by atoms with Gasteiger partial charge < -0.3 is 9.47 Å². The van der Waals surface area contributed by atoms with E-state index in [1.54, 1.807) is 12.3 Å². The molecule has 0 amide bonds. The molecule has 166 valence electrons. The quantitative estimate of drug-likeness (QED) is 0.500. The summed E-state index contributed by atoms with van der Waals surface area (Å²) in [6.07, 6.45) is 3.33. The minimum absolute atomic E-state index is 0.110.